The second-order valence-corrected chi connectivity index (χ2v) is 5.59. The predicted molar refractivity (Wildman–Crippen MR) is 74.8 cm³/mol. The minimum absolute atomic E-state index is 0.169. The van der Waals surface area contributed by atoms with E-state index in [1.807, 2.05) is 13.0 Å². The Balaban J connectivity index is 2.24. The fourth-order valence-corrected chi connectivity index (χ4v) is 2.57. The summed E-state index contributed by atoms with van der Waals surface area (Å²) in [5, 5.41) is 0.798. The molecule has 3 heteroatoms. The third kappa shape index (κ3) is 2.93. The zero-order valence-electron chi connectivity index (χ0n) is 10.6. The molecule has 2 N–H and O–H groups in total. The van der Waals surface area contributed by atoms with Crippen LogP contribution in [0.2, 0.25) is 5.02 Å². The van der Waals surface area contributed by atoms with Crippen molar-refractivity contribution in [3.05, 3.63) is 28.8 Å². The zero-order valence-corrected chi connectivity index (χ0v) is 11.4. The molecule has 0 saturated heterocycles. The van der Waals surface area contributed by atoms with Gasteiger partial charge >= 0.3 is 0 Å². The lowest BCUT2D eigenvalue weighted by Gasteiger charge is -2.37. The van der Waals surface area contributed by atoms with Crippen molar-refractivity contribution in [3.8, 4) is 0 Å². The number of rotatable bonds is 4. The van der Waals surface area contributed by atoms with Crippen molar-refractivity contribution < 1.29 is 0 Å². The third-order valence-electron chi connectivity index (χ3n) is 3.59. The molecule has 0 aromatic heterocycles. The van der Waals surface area contributed by atoms with E-state index in [1.54, 1.807) is 0 Å². The maximum atomic E-state index is 6.07. The van der Waals surface area contributed by atoms with Crippen molar-refractivity contribution in [1.29, 1.82) is 0 Å². The van der Waals surface area contributed by atoms with Gasteiger partial charge in [0.15, 0.2) is 0 Å². The Bertz CT molecular complexity index is 386. The first-order valence-corrected chi connectivity index (χ1v) is 6.72. The predicted octanol–water partition coefficient (Wildman–Crippen LogP) is 3.22. The van der Waals surface area contributed by atoms with Crippen LogP contribution in [0.5, 0.6) is 0 Å². The van der Waals surface area contributed by atoms with Gasteiger partial charge in [-0.15, -0.1) is 0 Å². The summed E-state index contributed by atoms with van der Waals surface area (Å²) in [6.07, 6.45) is 4.84. The number of nitrogens with zero attached hydrogens (tertiary/aromatic N) is 1. The average Bonchev–Trinajstić information content (AvgIpc) is 2.13. The molecule has 1 atom stereocenters. The molecule has 1 aromatic rings. The highest BCUT2D eigenvalue weighted by molar-refractivity contribution is 6.30. The Morgan fingerprint density at radius 3 is 2.71 bits per heavy atom. The van der Waals surface area contributed by atoms with Gasteiger partial charge in [-0.05, 0) is 56.4 Å². The van der Waals surface area contributed by atoms with Crippen molar-refractivity contribution in [1.82, 2.24) is 0 Å². The van der Waals surface area contributed by atoms with Crippen LogP contribution in [0.1, 0.15) is 31.7 Å². The third-order valence-corrected chi connectivity index (χ3v) is 3.82. The summed E-state index contributed by atoms with van der Waals surface area (Å²) in [6.45, 7) is 2.04. The number of halogens is 1. The van der Waals surface area contributed by atoms with Gasteiger partial charge in [-0.1, -0.05) is 11.6 Å². The summed E-state index contributed by atoms with van der Waals surface area (Å²) in [7, 11) is 2.18. The van der Waals surface area contributed by atoms with Crippen LogP contribution in [-0.2, 0) is 6.42 Å². The van der Waals surface area contributed by atoms with Crippen molar-refractivity contribution in [2.24, 2.45) is 5.73 Å². The minimum atomic E-state index is 0.169. The van der Waals surface area contributed by atoms with E-state index in [2.05, 4.69) is 24.1 Å². The number of anilines is 1. The molecule has 0 spiro atoms. The quantitative estimate of drug-likeness (QED) is 0.892. The first-order valence-electron chi connectivity index (χ1n) is 6.35. The number of nitrogens with two attached hydrogens (primary N) is 1. The molecule has 2 nitrogen and oxygen atoms in total. The van der Waals surface area contributed by atoms with Gasteiger partial charge in [-0.3, -0.25) is 0 Å². The lowest BCUT2D eigenvalue weighted by molar-refractivity contribution is 0.400. The smallest absolute Gasteiger partial charge is 0.0410 e. The SMILES string of the molecule is CC(N)Cc1cc(Cl)ccc1N(C)C1CCC1. The maximum Gasteiger partial charge on any atom is 0.0410 e. The van der Waals surface area contributed by atoms with Crippen LogP contribution in [0.3, 0.4) is 0 Å². The van der Waals surface area contributed by atoms with Crippen LogP contribution < -0.4 is 10.6 Å². The van der Waals surface area contributed by atoms with Crippen molar-refractivity contribution in [2.75, 3.05) is 11.9 Å². The summed E-state index contributed by atoms with van der Waals surface area (Å²) >= 11 is 6.07. The van der Waals surface area contributed by atoms with E-state index in [0.717, 1.165) is 11.4 Å². The summed E-state index contributed by atoms with van der Waals surface area (Å²) in [5.74, 6) is 0. The standard InChI is InChI=1S/C14H21ClN2/c1-10(16)8-11-9-12(15)6-7-14(11)17(2)13-4-3-5-13/h6-7,9-10,13H,3-5,8,16H2,1-2H3. The number of benzene rings is 1. The van der Waals surface area contributed by atoms with E-state index in [0.29, 0.717) is 6.04 Å². The highest BCUT2D eigenvalue weighted by Crippen LogP contribution is 2.32. The van der Waals surface area contributed by atoms with Gasteiger partial charge in [0, 0.05) is 29.8 Å². The molecule has 0 amide bonds. The van der Waals surface area contributed by atoms with Gasteiger partial charge in [0.2, 0.25) is 0 Å². The molecule has 1 aliphatic rings. The molecule has 1 fully saturated rings. The summed E-state index contributed by atoms with van der Waals surface area (Å²) < 4.78 is 0. The summed E-state index contributed by atoms with van der Waals surface area (Å²) in [5.41, 5.74) is 8.46. The lowest BCUT2D eigenvalue weighted by Crippen LogP contribution is -2.37. The molecule has 94 valence electrons. The molecule has 2 rings (SSSR count). The van der Waals surface area contributed by atoms with Crippen LogP contribution in [0, 0.1) is 0 Å². The molecule has 0 heterocycles. The Morgan fingerprint density at radius 1 is 1.47 bits per heavy atom. The zero-order chi connectivity index (χ0) is 12.4. The summed E-state index contributed by atoms with van der Waals surface area (Å²) in [4.78, 5) is 2.39. The first-order chi connectivity index (χ1) is 8.08. The van der Waals surface area contributed by atoms with Gasteiger partial charge < -0.3 is 10.6 Å². The monoisotopic (exact) mass is 252 g/mol. The van der Waals surface area contributed by atoms with E-state index in [1.165, 1.54) is 30.5 Å². The van der Waals surface area contributed by atoms with Crippen molar-refractivity contribution in [3.63, 3.8) is 0 Å². The molecule has 0 radical (unpaired) electrons. The lowest BCUT2D eigenvalue weighted by atomic mass is 9.90. The van der Waals surface area contributed by atoms with Crippen LogP contribution in [-0.4, -0.2) is 19.1 Å². The topological polar surface area (TPSA) is 29.3 Å². The van der Waals surface area contributed by atoms with Gasteiger partial charge in [0.25, 0.3) is 0 Å². The van der Waals surface area contributed by atoms with Gasteiger partial charge in [-0.25, -0.2) is 0 Å². The van der Waals surface area contributed by atoms with E-state index in [4.69, 9.17) is 17.3 Å². The Morgan fingerprint density at radius 2 is 2.18 bits per heavy atom. The second-order valence-electron chi connectivity index (χ2n) is 5.15. The van der Waals surface area contributed by atoms with E-state index < -0.39 is 0 Å². The van der Waals surface area contributed by atoms with Gasteiger partial charge in [-0.2, -0.15) is 0 Å². The normalized spacial score (nSPS) is 17.6. The molecule has 1 unspecified atom stereocenters. The number of hydrogen-bond acceptors (Lipinski definition) is 2. The highest BCUT2D eigenvalue weighted by Gasteiger charge is 2.23. The van der Waals surface area contributed by atoms with Crippen LogP contribution in [0.15, 0.2) is 18.2 Å². The van der Waals surface area contributed by atoms with Crippen LogP contribution in [0.4, 0.5) is 5.69 Å². The molecule has 1 aliphatic carbocycles. The van der Waals surface area contributed by atoms with E-state index in [-0.39, 0.29) is 6.04 Å². The molecule has 0 bridgehead atoms. The van der Waals surface area contributed by atoms with Crippen molar-refractivity contribution >= 4 is 17.3 Å². The fraction of sp³-hybridized carbons (Fsp3) is 0.571. The molecule has 0 aliphatic heterocycles. The molecular weight excluding hydrogens is 232 g/mol. The van der Waals surface area contributed by atoms with Gasteiger partial charge in [0.1, 0.15) is 0 Å². The van der Waals surface area contributed by atoms with Gasteiger partial charge in [0.05, 0.1) is 0 Å². The molecule has 1 aromatic carbocycles. The average molecular weight is 253 g/mol. The Labute approximate surface area is 109 Å². The number of hydrogen-bond donors (Lipinski definition) is 1. The first kappa shape index (κ1) is 12.7. The van der Waals surface area contributed by atoms with E-state index >= 15 is 0 Å². The van der Waals surface area contributed by atoms with Crippen LogP contribution >= 0.6 is 11.6 Å². The van der Waals surface area contributed by atoms with Crippen LogP contribution in [0.25, 0.3) is 0 Å². The molecule has 17 heavy (non-hydrogen) atoms. The maximum absolute atomic E-state index is 6.07. The largest absolute Gasteiger partial charge is 0.371 e. The Hall–Kier alpha value is -0.730. The highest BCUT2D eigenvalue weighted by atomic mass is 35.5. The molecular formula is C14H21ClN2. The van der Waals surface area contributed by atoms with Crippen molar-refractivity contribution in [2.45, 2.75) is 44.7 Å². The summed E-state index contributed by atoms with van der Waals surface area (Å²) in [6, 6.07) is 7.01. The second kappa shape index (κ2) is 5.28. The fourth-order valence-electron chi connectivity index (χ4n) is 2.38. The Kier molecular flexibility index (Phi) is 3.95. The molecule has 1 saturated carbocycles. The van der Waals surface area contributed by atoms with E-state index in [9.17, 15) is 0 Å². The minimum Gasteiger partial charge on any atom is -0.371 e.